The van der Waals surface area contributed by atoms with Crippen LogP contribution in [0.15, 0.2) is 85.2 Å². The average molecular weight is 563 g/mol. The van der Waals surface area contributed by atoms with Crippen molar-refractivity contribution in [2.24, 2.45) is 7.05 Å². The number of halogens is 1. The maximum Gasteiger partial charge on any atom is 0.244 e. The highest BCUT2D eigenvalue weighted by Crippen LogP contribution is 2.35. The molecule has 2 atom stereocenters. The SMILES string of the molecule is COC(CC(=O)N(Cc1nccn1C)c1ccc2c(c1)C(NOSOc1cccc(F)c1)CC2)c1ccccc1. The molecule has 1 amide bonds. The number of anilines is 1. The molecule has 0 bridgehead atoms. The first-order valence-electron chi connectivity index (χ1n) is 13.0. The highest BCUT2D eigenvalue weighted by Gasteiger charge is 2.27. The number of nitrogens with one attached hydrogen (secondary N) is 1. The molecule has 40 heavy (non-hydrogen) atoms. The lowest BCUT2D eigenvalue weighted by molar-refractivity contribution is -0.121. The van der Waals surface area contributed by atoms with Crippen molar-refractivity contribution >= 4 is 23.9 Å². The molecule has 0 fully saturated rings. The van der Waals surface area contributed by atoms with E-state index in [9.17, 15) is 9.18 Å². The van der Waals surface area contributed by atoms with Gasteiger partial charge in [0.15, 0.2) is 0 Å². The number of rotatable bonds is 12. The number of nitrogens with zero attached hydrogens (tertiary/aromatic N) is 3. The van der Waals surface area contributed by atoms with Gasteiger partial charge < -0.3 is 18.4 Å². The smallest absolute Gasteiger partial charge is 0.244 e. The van der Waals surface area contributed by atoms with Gasteiger partial charge in [0, 0.05) is 38.3 Å². The molecular weight excluding hydrogens is 531 g/mol. The van der Waals surface area contributed by atoms with Crippen molar-refractivity contribution in [3.8, 4) is 5.75 Å². The standard InChI is InChI=1S/C30H31FN4O4S/c1-34-16-15-32-29(34)20-35(30(36)19-28(37-2)22-7-4-3-5-8-22)24-13-11-21-12-14-27(26(21)18-24)33-39-40-38-25-10-6-9-23(31)17-25/h3-11,13,15-18,27-28,33H,12,14,19-20H2,1-2H3. The minimum Gasteiger partial charge on any atom is -0.399 e. The second-order valence-electron chi connectivity index (χ2n) is 9.56. The van der Waals surface area contributed by atoms with E-state index in [1.165, 1.54) is 17.7 Å². The molecule has 0 aliphatic heterocycles. The van der Waals surface area contributed by atoms with Gasteiger partial charge in [-0.2, -0.15) is 9.76 Å². The number of benzene rings is 3. The number of hydroxylamine groups is 1. The molecule has 1 aliphatic carbocycles. The van der Waals surface area contributed by atoms with E-state index < -0.39 is 0 Å². The summed E-state index contributed by atoms with van der Waals surface area (Å²) < 4.78 is 31.9. The zero-order valence-corrected chi connectivity index (χ0v) is 23.1. The second-order valence-corrected chi connectivity index (χ2v) is 10.0. The maximum atomic E-state index is 13.8. The largest absolute Gasteiger partial charge is 0.399 e. The topological polar surface area (TPSA) is 77.9 Å². The molecule has 8 nitrogen and oxygen atoms in total. The van der Waals surface area contributed by atoms with Gasteiger partial charge in [-0.05, 0) is 53.8 Å². The van der Waals surface area contributed by atoms with Gasteiger partial charge in [0.2, 0.25) is 18.2 Å². The number of hydrogen-bond acceptors (Lipinski definition) is 7. The van der Waals surface area contributed by atoms with E-state index in [1.54, 1.807) is 30.3 Å². The van der Waals surface area contributed by atoms with Crippen LogP contribution in [0.1, 0.15) is 47.5 Å². The fourth-order valence-corrected chi connectivity index (χ4v) is 5.19. The Kier molecular flexibility index (Phi) is 9.12. The summed E-state index contributed by atoms with van der Waals surface area (Å²) in [6.07, 6.45) is 5.10. The summed E-state index contributed by atoms with van der Waals surface area (Å²) in [7, 11) is 3.53. The molecule has 4 aromatic rings. The van der Waals surface area contributed by atoms with Crippen molar-refractivity contribution in [2.75, 3.05) is 12.0 Å². The van der Waals surface area contributed by atoms with E-state index >= 15 is 0 Å². The Labute approximate surface area is 237 Å². The average Bonchev–Trinajstić information content (AvgIpc) is 3.58. The van der Waals surface area contributed by atoms with Crippen molar-refractivity contribution in [1.29, 1.82) is 0 Å². The quantitative estimate of drug-likeness (QED) is 0.129. The van der Waals surface area contributed by atoms with Crippen LogP contribution >= 0.6 is 12.3 Å². The molecular formula is C30H31FN4O4S. The van der Waals surface area contributed by atoms with Crippen LogP contribution in [0.5, 0.6) is 5.75 Å². The van der Waals surface area contributed by atoms with Crippen LogP contribution in [0.25, 0.3) is 0 Å². The Morgan fingerprint density at radius 1 is 1.18 bits per heavy atom. The fraction of sp³-hybridized carbons (Fsp3) is 0.267. The van der Waals surface area contributed by atoms with Gasteiger partial charge in [-0.25, -0.2) is 9.37 Å². The summed E-state index contributed by atoms with van der Waals surface area (Å²) in [4.78, 5) is 20.0. The van der Waals surface area contributed by atoms with E-state index in [0.717, 1.165) is 47.8 Å². The van der Waals surface area contributed by atoms with Crippen LogP contribution in [0.2, 0.25) is 0 Å². The predicted octanol–water partition coefficient (Wildman–Crippen LogP) is 6.02. The lowest BCUT2D eigenvalue weighted by Gasteiger charge is -2.26. The molecule has 208 valence electrons. The fourth-order valence-electron chi connectivity index (χ4n) is 4.82. The highest BCUT2D eigenvalue weighted by atomic mass is 32.2. The summed E-state index contributed by atoms with van der Waals surface area (Å²) in [5.74, 6) is 0.672. The van der Waals surface area contributed by atoms with Crippen molar-refractivity contribution in [1.82, 2.24) is 15.0 Å². The number of imidazole rings is 1. The van der Waals surface area contributed by atoms with Gasteiger partial charge in [0.25, 0.3) is 0 Å². The minimum atomic E-state index is -0.381. The van der Waals surface area contributed by atoms with Gasteiger partial charge >= 0.3 is 0 Å². The molecule has 1 aromatic heterocycles. The van der Waals surface area contributed by atoms with E-state index in [2.05, 4.69) is 16.5 Å². The third-order valence-electron chi connectivity index (χ3n) is 7.01. The Morgan fingerprint density at radius 2 is 2.02 bits per heavy atom. The molecule has 1 N–H and O–H groups in total. The molecule has 5 rings (SSSR count). The molecule has 0 spiro atoms. The first-order valence-corrected chi connectivity index (χ1v) is 13.7. The summed E-state index contributed by atoms with van der Waals surface area (Å²) in [6.45, 7) is 0.318. The summed E-state index contributed by atoms with van der Waals surface area (Å²) in [6, 6.07) is 21.6. The number of carbonyl (C=O) groups excluding carboxylic acids is 1. The lowest BCUT2D eigenvalue weighted by Crippen LogP contribution is -2.33. The van der Waals surface area contributed by atoms with E-state index in [4.69, 9.17) is 13.2 Å². The van der Waals surface area contributed by atoms with E-state index in [1.807, 2.05) is 60.3 Å². The van der Waals surface area contributed by atoms with Gasteiger partial charge in [-0.3, -0.25) is 4.79 Å². The molecule has 2 unspecified atom stereocenters. The first kappa shape index (κ1) is 27.9. The lowest BCUT2D eigenvalue weighted by atomic mass is 10.0. The second kappa shape index (κ2) is 13.1. The number of hydrogen-bond donors (Lipinski definition) is 1. The molecule has 1 heterocycles. The number of amides is 1. The predicted molar refractivity (Wildman–Crippen MR) is 152 cm³/mol. The number of fused-ring (bicyclic) bond motifs is 1. The van der Waals surface area contributed by atoms with Crippen molar-refractivity contribution in [2.45, 2.75) is 38.0 Å². The third kappa shape index (κ3) is 6.71. The van der Waals surface area contributed by atoms with Gasteiger partial charge in [-0.15, -0.1) is 0 Å². The third-order valence-corrected chi connectivity index (χ3v) is 7.43. The molecule has 0 saturated carbocycles. The minimum absolute atomic E-state index is 0.0727. The van der Waals surface area contributed by atoms with Crippen LogP contribution in [-0.4, -0.2) is 22.6 Å². The molecule has 3 aromatic carbocycles. The highest BCUT2D eigenvalue weighted by molar-refractivity contribution is 7.90. The van der Waals surface area contributed by atoms with Crippen molar-refractivity contribution < 1.29 is 22.4 Å². The van der Waals surface area contributed by atoms with Crippen LogP contribution in [0, 0.1) is 5.82 Å². The normalized spacial score (nSPS) is 15.0. The zero-order chi connectivity index (χ0) is 27.9. The monoisotopic (exact) mass is 562 g/mol. The van der Waals surface area contributed by atoms with Gasteiger partial charge in [-0.1, -0.05) is 42.5 Å². The zero-order valence-electron chi connectivity index (χ0n) is 22.3. The van der Waals surface area contributed by atoms with Crippen molar-refractivity contribution in [3.05, 3.63) is 114 Å². The Bertz CT molecular complexity index is 1430. The van der Waals surface area contributed by atoms with Crippen LogP contribution in [0.3, 0.4) is 0 Å². The van der Waals surface area contributed by atoms with E-state index in [0.29, 0.717) is 12.3 Å². The number of methoxy groups -OCH3 is 1. The van der Waals surface area contributed by atoms with Gasteiger partial charge in [0.05, 0.1) is 25.1 Å². The van der Waals surface area contributed by atoms with Crippen LogP contribution < -0.4 is 14.6 Å². The van der Waals surface area contributed by atoms with Crippen LogP contribution in [-0.2, 0) is 33.8 Å². The maximum absolute atomic E-state index is 13.8. The number of aromatic nitrogens is 2. The van der Waals surface area contributed by atoms with Gasteiger partial charge in [0.1, 0.15) is 17.4 Å². The van der Waals surface area contributed by atoms with Crippen molar-refractivity contribution in [3.63, 3.8) is 0 Å². The molecule has 0 saturated heterocycles. The Balaban J connectivity index is 1.32. The van der Waals surface area contributed by atoms with E-state index in [-0.39, 0.29) is 30.3 Å². The molecule has 0 radical (unpaired) electrons. The first-order chi connectivity index (χ1) is 19.5. The Hall–Kier alpha value is -3.70. The summed E-state index contributed by atoms with van der Waals surface area (Å²) in [5.41, 5.74) is 6.99. The molecule has 10 heteroatoms. The summed E-state index contributed by atoms with van der Waals surface area (Å²) >= 11 is 0.736. The Morgan fingerprint density at radius 3 is 2.77 bits per heavy atom. The number of carbonyl (C=O) groups is 1. The number of aryl methyl sites for hydroxylation is 2. The molecule has 1 aliphatic rings. The number of ether oxygens (including phenoxy) is 1. The van der Waals surface area contributed by atoms with Crippen LogP contribution in [0.4, 0.5) is 10.1 Å². The summed E-state index contributed by atoms with van der Waals surface area (Å²) in [5, 5.41) is 0.